The van der Waals surface area contributed by atoms with Gasteiger partial charge in [-0.05, 0) is 46.6 Å². The molecule has 0 saturated heterocycles. The smallest absolute Gasteiger partial charge is 0.0517 e. The molecule has 0 spiro atoms. The summed E-state index contributed by atoms with van der Waals surface area (Å²) < 4.78 is 5.15. The van der Waals surface area contributed by atoms with Crippen molar-refractivity contribution in [3.63, 3.8) is 0 Å². The molecule has 0 fully saturated rings. The SMILES string of the molecule is [Ir].[c-]1cc2c(cc1-c1ccccn1)c1cccc3c4c5sc6ccccc6c5ccc4n2c13.[c-]1ccccc1-c1ccccn1. The zero-order chi connectivity index (χ0) is 29.0. The summed E-state index contributed by atoms with van der Waals surface area (Å²) in [5, 5.41) is 7.92. The van der Waals surface area contributed by atoms with Crippen LogP contribution in [0.25, 0.3) is 80.8 Å². The number of aromatic nitrogens is 3. The first-order valence-corrected chi connectivity index (χ1v) is 15.4. The molecule has 0 aliphatic rings. The van der Waals surface area contributed by atoms with E-state index >= 15 is 0 Å². The average molecular weight is 770 g/mol. The summed E-state index contributed by atoms with van der Waals surface area (Å²) in [5.41, 5.74) is 7.76. The normalized spacial score (nSPS) is 11.4. The average Bonchev–Trinajstić information content (AvgIpc) is 3.76. The molecule has 5 aromatic heterocycles. The van der Waals surface area contributed by atoms with Crippen LogP contribution >= 0.6 is 11.3 Å². The van der Waals surface area contributed by atoms with Crippen molar-refractivity contribution < 1.29 is 20.1 Å². The molecule has 0 amide bonds. The van der Waals surface area contributed by atoms with E-state index in [4.69, 9.17) is 0 Å². The van der Waals surface area contributed by atoms with E-state index < -0.39 is 0 Å². The zero-order valence-electron chi connectivity index (χ0n) is 23.9. The Kier molecular flexibility index (Phi) is 6.88. The fourth-order valence-electron chi connectivity index (χ4n) is 6.43. The topological polar surface area (TPSA) is 30.2 Å². The van der Waals surface area contributed by atoms with Crippen LogP contribution in [0, 0.1) is 12.1 Å². The van der Waals surface area contributed by atoms with Crippen LogP contribution in [0.4, 0.5) is 0 Å². The van der Waals surface area contributed by atoms with Gasteiger partial charge in [-0.15, -0.1) is 71.0 Å². The second kappa shape index (κ2) is 11.2. The van der Waals surface area contributed by atoms with Crippen molar-refractivity contribution in [3.05, 3.63) is 152 Å². The quantitative estimate of drug-likeness (QED) is 0.164. The van der Waals surface area contributed by atoms with Crippen molar-refractivity contribution in [3.8, 4) is 22.5 Å². The molecule has 5 heterocycles. The van der Waals surface area contributed by atoms with Gasteiger partial charge < -0.3 is 14.4 Å². The van der Waals surface area contributed by atoms with Crippen molar-refractivity contribution in [1.82, 2.24) is 14.4 Å². The maximum atomic E-state index is 4.53. The van der Waals surface area contributed by atoms with E-state index in [-0.39, 0.29) is 20.1 Å². The summed E-state index contributed by atoms with van der Waals surface area (Å²) in [6.07, 6.45) is 3.63. The van der Waals surface area contributed by atoms with Crippen LogP contribution in [0.15, 0.2) is 140 Å². The Hall–Kier alpha value is -4.93. The van der Waals surface area contributed by atoms with Crippen molar-refractivity contribution >= 4 is 69.6 Å². The van der Waals surface area contributed by atoms with E-state index in [1.54, 1.807) is 6.20 Å². The van der Waals surface area contributed by atoms with Crippen LogP contribution in [0.1, 0.15) is 0 Å². The molecule has 45 heavy (non-hydrogen) atoms. The first kappa shape index (κ1) is 27.6. The van der Waals surface area contributed by atoms with Gasteiger partial charge in [-0.1, -0.05) is 72.1 Å². The second-order valence-electron chi connectivity index (χ2n) is 10.8. The Bertz CT molecular complexity index is 2550. The minimum absolute atomic E-state index is 0. The molecular formula is C40H23IrN3S-2. The van der Waals surface area contributed by atoms with E-state index in [2.05, 4.69) is 93.2 Å². The summed E-state index contributed by atoms with van der Waals surface area (Å²) in [5.74, 6) is 0. The fourth-order valence-corrected chi connectivity index (χ4v) is 7.69. The summed E-state index contributed by atoms with van der Waals surface area (Å²) in [6.45, 7) is 0. The molecule has 5 heteroatoms. The van der Waals surface area contributed by atoms with Crippen LogP contribution in [-0.4, -0.2) is 14.4 Å². The minimum Gasteiger partial charge on any atom is -0.350 e. The number of fused-ring (bicyclic) bond motifs is 10. The second-order valence-corrected chi connectivity index (χ2v) is 11.9. The molecule has 0 saturated carbocycles. The molecule has 0 atom stereocenters. The fraction of sp³-hybridized carbons (Fsp3) is 0. The van der Waals surface area contributed by atoms with E-state index in [1.165, 1.54) is 58.3 Å². The Morgan fingerprint density at radius 1 is 0.556 bits per heavy atom. The molecule has 1 radical (unpaired) electrons. The van der Waals surface area contributed by atoms with Gasteiger partial charge in [0.25, 0.3) is 0 Å². The molecule has 0 N–H and O–H groups in total. The van der Waals surface area contributed by atoms with Gasteiger partial charge in [0.2, 0.25) is 0 Å². The third-order valence-electron chi connectivity index (χ3n) is 8.35. The Morgan fingerprint density at radius 2 is 1.29 bits per heavy atom. The van der Waals surface area contributed by atoms with Gasteiger partial charge in [0, 0.05) is 69.0 Å². The number of benzene rings is 5. The first-order chi connectivity index (χ1) is 21.8. The molecule has 0 unspecified atom stereocenters. The van der Waals surface area contributed by atoms with E-state index in [0.717, 1.165) is 22.5 Å². The number of hydrogen-bond donors (Lipinski definition) is 0. The standard InChI is InChI=1S/C29H15N2S.C11H8N.Ir/c1-2-10-26-18(6-1)20-12-14-25-27(29(20)32-26)21-8-5-7-19-22-16-17(23-9-3-4-15-30-23)11-13-24(22)31(25)28(19)21;1-2-6-10(7-3-1)11-8-4-5-9-12-11;/h1-10,12-16H;1-6,8-9H;/q2*-1;. The van der Waals surface area contributed by atoms with E-state index in [1.807, 2.05) is 78.2 Å². The van der Waals surface area contributed by atoms with E-state index in [0.29, 0.717) is 0 Å². The van der Waals surface area contributed by atoms with Crippen molar-refractivity contribution in [1.29, 1.82) is 0 Å². The summed E-state index contributed by atoms with van der Waals surface area (Å²) in [4.78, 5) is 8.75. The predicted octanol–water partition coefficient (Wildman–Crippen LogP) is 10.6. The van der Waals surface area contributed by atoms with Crippen LogP contribution in [0.3, 0.4) is 0 Å². The number of pyridine rings is 2. The van der Waals surface area contributed by atoms with Crippen LogP contribution in [0.2, 0.25) is 0 Å². The Balaban J connectivity index is 0.000000196. The van der Waals surface area contributed by atoms with Crippen molar-refractivity contribution in [2.24, 2.45) is 0 Å². The molecule has 0 aliphatic carbocycles. The molecule has 10 rings (SSSR count). The van der Waals surface area contributed by atoms with Gasteiger partial charge >= 0.3 is 0 Å². The third-order valence-corrected chi connectivity index (χ3v) is 9.55. The monoisotopic (exact) mass is 770 g/mol. The first-order valence-electron chi connectivity index (χ1n) is 14.6. The van der Waals surface area contributed by atoms with Gasteiger partial charge in [0.15, 0.2) is 0 Å². The van der Waals surface area contributed by atoms with Crippen LogP contribution < -0.4 is 0 Å². The maximum Gasteiger partial charge on any atom is 0.0517 e. The molecule has 10 aromatic rings. The van der Waals surface area contributed by atoms with Gasteiger partial charge in [0.05, 0.1) is 5.52 Å². The molecule has 215 valence electrons. The molecule has 5 aromatic carbocycles. The Morgan fingerprint density at radius 3 is 2.07 bits per heavy atom. The maximum absolute atomic E-state index is 4.53. The summed E-state index contributed by atoms with van der Waals surface area (Å²) in [7, 11) is 0. The minimum atomic E-state index is 0. The van der Waals surface area contributed by atoms with Gasteiger partial charge in [-0.2, -0.15) is 0 Å². The van der Waals surface area contributed by atoms with Gasteiger partial charge in [-0.25, -0.2) is 0 Å². The zero-order valence-corrected chi connectivity index (χ0v) is 27.1. The van der Waals surface area contributed by atoms with Gasteiger partial charge in [0.1, 0.15) is 0 Å². The number of para-hydroxylation sites is 1. The van der Waals surface area contributed by atoms with Crippen LogP contribution in [-0.2, 0) is 20.1 Å². The number of hydrogen-bond acceptors (Lipinski definition) is 3. The molecule has 3 nitrogen and oxygen atoms in total. The predicted molar refractivity (Wildman–Crippen MR) is 185 cm³/mol. The van der Waals surface area contributed by atoms with Crippen molar-refractivity contribution in [2.75, 3.05) is 0 Å². The summed E-state index contributed by atoms with van der Waals surface area (Å²) in [6, 6.07) is 50.7. The van der Waals surface area contributed by atoms with Crippen LogP contribution in [0.5, 0.6) is 0 Å². The van der Waals surface area contributed by atoms with E-state index in [9.17, 15) is 0 Å². The van der Waals surface area contributed by atoms with Gasteiger partial charge in [-0.3, -0.25) is 0 Å². The Labute approximate surface area is 277 Å². The van der Waals surface area contributed by atoms with Crippen molar-refractivity contribution in [2.45, 2.75) is 0 Å². The molecular weight excluding hydrogens is 747 g/mol. The summed E-state index contributed by atoms with van der Waals surface area (Å²) >= 11 is 1.90. The number of rotatable bonds is 2. The number of thiophene rings is 1. The molecule has 0 bridgehead atoms. The molecule has 0 aliphatic heterocycles. The third kappa shape index (κ3) is 4.43. The largest absolute Gasteiger partial charge is 0.350 e. The number of nitrogens with zero attached hydrogens (tertiary/aromatic N) is 3.